The van der Waals surface area contributed by atoms with Gasteiger partial charge in [0.15, 0.2) is 0 Å². The highest BCUT2D eigenvalue weighted by atomic mass is 32.2. The van der Waals surface area contributed by atoms with E-state index in [1.165, 1.54) is 4.90 Å². The molecule has 0 heterocycles. The van der Waals surface area contributed by atoms with E-state index in [1.807, 2.05) is 32.9 Å². The number of rotatable bonds is 5. The van der Waals surface area contributed by atoms with Gasteiger partial charge in [-0.05, 0) is 51.5 Å². The van der Waals surface area contributed by atoms with E-state index in [0.717, 1.165) is 11.3 Å². The Kier molecular flexibility index (Phi) is 6.96. The van der Waals surface area contributed by atoms with Crippen molar-refractivity contribution in [2.45, 2.75) is 70.3 Å². The molecule has 130 valence electrons. The summed E-state index contributed by atoms with van der Waals surface area (Å²) in [6.45, 7) is 14.4. The molecular weight excluding hydrogens is 308 g/mol. The van der Waals surface area contributed by atoms with Crippen LogP contribution in [-0.2, 0) is 0 Å². The quantitative estimate of drug-likeness (QED) is 0.777. The van der Waals surface area contributed by atoms with Gasteiger partial charge in [-0.15, -0.1) is 11.8 Å². The van der Waals surface area contributed by atoms with Crippen molar-refractivity contribution in [3.63, 3.8) is 0 Å². The van der Waals surface area contributed by atoms with Crippen LogP contribution in [0.3, 0.4) is 0 Å². The molecule has 0 spiro atoms. The molecule has 1 atom stereocenters. The number of aliphatic hydroxyl groups is 1. The van der Waals surface area contributed by atoms with E-state index in [1.54, 1.807) is 23.6 Å². The maximum Gasteiger partial charge on any atom is 0.322 e. The molecule has 0 aliphatic carbocycles. The van der Waals surface area contributed by atoms with Crippen LogP contribution in [-0.4, -0.2) is 39.5 Å². The minimum atomic E-state index is -0.546. The highest BCUT2D eigenvalue weighted by Crippen LogP contribution is 2.33. The predicted molar refractivity (Wildman–Crippen MR) is 99.3 cm³/mol. The second kappa shape index (κ2) is 8.06. The maximum atomic E-state index is 12.5. The highest BCUT2D eigenvalue weighted by Gasteiger charge is 2.19. The third-order valence-electron chi connectivity index (χ3n) is 3.21. The first-order valence-electron chi connectivity index (χ1n) is 8.05. The van der Waals surface area contributed by atoms with Gasteiger partial charge in [-0.1, -0.05) is 20.8 Å². The van der Waals surface area contributed by atoms with Gasteiger partial charge in [-0.25, -0.2) is 4.79 Å². The Morgan fingerprint density at radius 2 is 1.91 bits per heavy atom. The van der Waals surface area contributed by atoms with Crippen molar-refractivity contribution in [2.24, 2.45) is 0 Å². The fourth-order valence-electron chi connectivity index (χ4n) is 2.19. The lowest BCUT2D eigenvalue weighted by Gasteiger charge is -2.28. The van der Waals surface area contributed by atoms with Gasteiger partial charge in [0.1, 0.15) is 0 Å². The molecule has 0 aromatic heterocycles. The molecule has 5 heteroatoms. The summed E-state index contributed by atoms with van der Waals surface area (Å²) in [5, 5.41) is 12.5. The van der Waals surface area contributed by atoms with Crippen LogP contribution in [0.5, 0.6) is 0 Å². The Balaban J connectivity index is 2.85. The molecular formula is C18H30N2O2S. The minimum absolute atomic E-state index is 0.0284. The Hall–Kier alpha value is -1.20. The number of carbonyl (C=O) groups excluding carboxylic acids is 1. The van der Waals surface area contributed by atoms with Gasteiger partial charge in [0.2, 0.25) is 0 Å². The zero-order valence-corrected chi connectivity index (χ0v) is 16.1. The summed E-state index contributed by atoms with van der Waals surface area (Å²) < 4.78 is 0.156. The molecule has 1 unspecified atom stereocenters. The van der Waals surface area contributed by atoms with Crippen molar-refractivity contribution in [2.75, 3.05) is 11.9 Å². The molecule has 0 bridgehead atoms. The fourth-order valence-corrected chi connectivity index (χ4v) is 3.27. The summed E-state index contributed by atoms with van der Waals surface area (Å²) in [7, 11) is 0. The number of nitrogens with one attached hydrogen (secondary N) is 1. The molecule has 0 saturated heterocycles. The van der Waals surface area contributed by atoms with E-state index in [2.05, 4.69) is 32.2 Å². The van der Waals surface area contributed by atoms with Crippen LogP contribution in [0.25, 0.3) is 0 Å². The highest BCUT2D eigenvalue weighted by molar-refractivity contribution is 8.00. The maximum absolute atomic E-state index is 12.5. The van der Waals surface area contributed by atoms with Crippen LogP contribution < -0.4 is 5.32 Å². The lowest BCUT2D eigenvalue weighted by atomic mass is 10.2. The summed E-state index contributed by atoms with van der Waals surface area (Å²) >= 11 is 1.81. The number of aliphatic hydroxyl groups excluding tert-OH is 1. The van der Waals surface area contributed by atoms with Gasteiger partial charge in [-0.2, -0.15) is 0 Å². The molecule has 0 aliphatic rings. The van der Waals surface area contributed by atoms with Gasteiger partial charge in [0.25, 0.3) is 0 Å². The standard InChI is InChI=1S/C18H30N2O2S/c1-12(2)20(11-14(4)21)17(22)19-16-9-8-15(10-13(16)3)23-18(5,6)7/h8-10,12,14,21H,11H2,1-7H3,(H,19,22). The Labute approximate surface area is 144 Å². The number of hydrogen-bond acceptors (Lipinski definition) is 3. The molecule has 1 rings (SSSR count). The van der Waals surface area contributed by atoms with Crippen LogP contribution in [0.1, 0.15) is 47.1 Å². The van der Waals surface area contributed by atoms with E-state index in [-0.39, 0.29) is 16.8 Å². The monoisotopic (exact) mass is 338 g/mol. The van der Waals surface area contributed by atoms with Crippen molar-refractivity contribution in [1.82, 2.24) is 4.90 Å². The molecule has 0 aliphatic heterocycles. The first kappa shape index (κ1) is 19.8. The number of aryl methyl sites for hydroxylation is 1. The van der Waals surface area contributed by atoms with E-state index in [9.17, 15) is 9.90 Å². The van der Waals surface area contributed by atoms with Gasteiger partial charge >= 0.3 is 6.03 Å². The number of hydrogen-bond donors (Lipinski definition) is 2. The SMILES string of the molecule is Cc1cc(SC(C)(C)C)ccc1NC(=O)N(CC(C)O)C(C)C. The van der Waals surface area contributed by atoms with Crippen molar-refractivity contribution < 1.29 is 9.90 Å². The molecule has 1 aromatic rings. The lowest BCUT2D eigenvalue weighted by Crippen LogP contribution is -2.43. The summed E-state index contributed by atoms with van der Waals surface area (Å²) in [6, 6.07) is 5.93. The third-order valence-corrected chi connectivity index (χ3v) is 4.31. The second-order valence-corrected chi connectivity index (χ2v) is 9.12. The number of thioether (sulfide) groups is 1. The van der Waals surface area contributed by atoms with Gasteiger partial charge in [0, 0.05) is 27.9 Å². The Morgan fingerprint density at radius 3 is 2.35 bits per heavy atom. The normalized spacial score (nSPS) is 13.1. The van der Waals surface area contributed by atoms with Gasteiger partial charge in [0.05, 0.1) is 6.10 Å². The van der Waals surface area contributed by atoms with Crippen LogP contribution in [0, 0.1) is 6.92 Å². The molecule has 0 saturated carbocycles. The minimum Gasteiger partial charge on any atom is -0.392 e. The van der Waals surface area contributed by atoms with Crippen molar-refractivity contribution >= 4 is 23.5 Å². The van der Waals surface area contributed by atoms with Crippen LogP contribution in [0.4, 0.5) is 10.5 Å². The predicted octanol–water partition coefficient (Wildman–Crippen LogP) is 4.51. The molecule has 0 fully saturated rings. The van der Waals surface area contributed by atoms with Crippen LogP contribution in [0.15, 0.2) is 23.1 Å². The average Bonchev–Trinajstić information content (AvgIpc) is 2.36. The first-order chi connectivity index (χ1) is 10.5. The molecule has 23 heavy (non-hydrogen) atoms. The van der Waals surface area contributed by atoms with E-state index >= 15 is 0 Å². The zero-order valence-electron chi connectivity index (χ0n) is 15.3. The Morgan fingerprint density at radius 1 is 1.30 bits per heavy atom. The topological polar surface area (TPSA) is 52.6 Å². The number of carbonyl (C=O) groups is 1. The van der Waals surface area contributed by atoms with E-state index in [0.29, 0.717) is 6.54 Å². The van der Waals surface area contributed by atoms with Crippen molar-refractivity contribution in [3.8, 4) is 0 Å². The van der Waals surface area contributed by atoms with E-state index < -0.39 is 6.10 Å². The molecule has 4 nitrogen and oxygen atoms in total. The van der Waals surface area contributed by atoms with Crippen LogP contribution in [0.2, 0.25) is 0 Å². The number of anilines is 1. The molecule has 1 aromatic carbocycles. The van der Waals surface area contributed by atoms with Gasteiger partial charge in [-0.3, -0.25) is 0 Å². The second-order valence-electron chi connectivity index (χ2n) is 7.22. The largest absolute Gasteiger partial charge is 0.392 e. The third kappa shape index (κ3) is 6.83. The number of amides is 2. The van der Waals surface area contributed by atoms with Gasteiger partial charge < -0.3 is 15.3 Å². The average molecular weight is 339 g/mol. The molecule has 0 radical (unpaired) electrons. The summed E-state index contributed by atoms with van der Waals surface area (Å²) in [4.78, 5) is 15.3. The molecule has 2 N–H and O–H groups in total. The van der Waals surface area contributed by atoms with Crippen molar-refractivity contribution in [3.05, 3.63) is 23.8 Å². The Bertz CT molecular complexity index is 536. The summed E-state index contributed by atoms with van der Waals surface area (Å²) in [5.74, 6) is 0. The first-order valence-corrected chi connectivity index (χ1v) is 8.86. The number of urea groups is 1. The summed E-state index contributed by atoms with van der Waals surface area (Å²) in [6.07, 6.45) is -0.546. The van der Waals surface area contributed by atoms with Crippen molar-refractivity contribution in [1.29, 1.82) is 0 Å². The zero-order chi connectivity index (χ0) is 17.8. The smallest absolute Gasteiger partial charge is 0.322 e. The fraction of sp³-hybridized carbons (Fsp3) is 0.611. The van der Waals surface area contributed by atoms with Crippen LogP contribution >= 0.6 is 11.8 Å². The lowest BCUT2D eigenvalue weighted by molar-refractivity contribution is 0.125. The molecule has 2 amide bonds. The van der Waals surface area contributed by atoms with E-state index in [4.69, 9.17) is 0 Å². The summed E-state index contributed by atoms with van der Waals surface area (Å²) in [5.41, 5.74) is 1.85. The number of benzene rings is 1. The number of nitrogens with zero attached hydrogens (tertiary/aromatic N) is 1.